The van der Waals surface area contributed by atoms with E-state index in [0.29, 0.717) is 6.54 Å². The maximum Gasteiger partial charge on any atom is 0.241 e. The molecular formula is C19H27N3O2. The molecule has 2 aliphatic rings. The molecule has 0 radical (unpaired) electrons. The molecule has 5 heteroatoms. The van der Waals surface area contributed by atoms with E-state index in [9.17, 15) is 9.59 Å². The molecule has 0 saturated carbocycles. The number of carbonyl (C=O) groups excluding carboxylic acids is 2. The Kier molecular flexibility index (Phi) is 5.51. The molecule has 3 rings (SSSR count). The fraction of sp³-hybridized carbons (Fsp3) is 0.579. The van der Waals surface area contributed by atoms with Gasteiger partial charge in [-0.1, -0.05) is 25.1 Å². The first-order chi connectivity index (χ1) is 11.7. The van der Waals surface area contributed by atoms with Crippen molar-refractivity contribution in [2.75, 3.05) is 37.6 Å². The van der Waals surface area contributed by atoms with E-state index in [0.717, 1.165) is 57.5 Å². The van der Waals surface area contributed by atoms with Gasteiger partial charge in [-0.3, -0.25) is 14.5 Å². The Balaban J connectivity index is 1.48. The number of benzene rings is 1. The Hall–Kier alpha value is -1.88. The number of nitrogens with one attached hydrogen (secondary N) is 1. The van der Waals surface area contributed by atoms with Crippen LogP contribution in [0.25, 0.3) is 0 Å². The highest BCUT2D eigenvalue weighted by Crippen LogP contribution is 2.27. The van der Waals surface area contributed by atoms with Crippen LogP contribution in [0.4, 0.5) is 5.69 Å². The molecule has 0 unspecified atom stereocenters. The first-order valence-corrected chi connectivity index (χ1v) is 9.07. The van der Waals surface area contributed by atoms with Crippen molar-refractivity contribution in [3.63, 3.8) is 0 Å². The molecule has 1 N–H and O–H groups in total. The molecule has 1 fully saturated rings. The number of carbonyl (C=O) groups is 2. The first-order valence-electron chi connectivity index (χ1n) is 9.07. The van der Waals surface area contributed by atoms with Gasteiger partial charge >= 0.3 is 0 Å². The second-order valence-electron chi connectivity index (χ2n) is 6.77. The summed E-state index contributed by atoms with van der Waals surface area (Å²) in [5.41, 5.74) is 2.33. The Morgan fingerprint density at radius 1 is 1.17 bits per heavy atom. The van der Waals surface area contributed by atoms with Crippen molar-refractivity contribution in [3.05, 3.63) is 29.8 Å². The third kappa shape index (κ3) is 3.78. The zero-order valence-electron chi connectivity index (χ0n) is 14.5. The Labute approximate surface area is 144 Å². The van der Waals surface area contributed by atoms with Crippen molar-refractivity contribution in [2.24, 2.45) is 5.92 Å². The zero-order valence-corrected chi connectivity index (χ0v) is 14.5. The molecule has 5 nitrogen and oxygen atoms in total. The van der Waals surface area contributed by atoms with Crippen molar-refractivity contribution in [3.8, 4) is 0 Å². The monoisotopic (exact) mass is 329 g/mol. The van der Waals surface area contributed by atoms with E-state index < -0.39 is 0 Å². The van der Waals surface area contributed by atoms with Crippen LogP contribution in [0.15, 0.2) is 24.3 Å². The van der Waals surface area contributed by atoms with Crippen LogP contribution >= 0.6 is 0 Å². The highest BCUT2D eigenvalue weighted by Gasteiger charge is 2.29. The number of hydrogen-bond acceptors (Lipinski definition) is 3. The lowest BCUT2D eigenvalue weighted by molar-refractivity contribution is -0.126. The van der Waals surface area contributed by atoms with Gasteiger partial charge in [-0.25, -0.2) is 0 Å². The van der Waals surface area contributed by atoms with Crippen molar-refractivity contribution in [1.29, 1.82) is 0 Å². The van der Waals surface area contributed by atoms with E-state index in [1.807, 2.05) is 23.1 Å². The molecule has 2 amide bonds. The molecule has 0 atom stereocenters. The molecule has 24 heavy (non-hydrogen) atoms. The van der Waals surface area contributed by atoms with Gasteiger partial charge in [0.25, 0.3) is 0 Å². The fourth-order valence-corrected chi connectivity index (χ4v) is 3.62. The summed E-state index contributed by atoms with van der Waals surface area (Å²) in [5, 5.41) is 2.98. The number of anilines is 1. The zero-order chi connectivity index (χ0) is 16.9. The third-order valence-electron chi connectivity index (χ3n) is 5.05. The second-order valence-corrected chi connectivity index (χ2v) is 6.77. The van der Waals surface area contributed by atoms with Gasteiger partial charge < -0.3 is 10.2 Å². The smallest absolute Gasteiger partial charge is 0.241 e. The molecule has 130 valence electrons. The summed E-state index contributed by atoms with van der Waals surface area (Å²) in [5.74, 6) is 0.459. The number of amides is 2. The molecule has 2 aliphatic heterocycles. The van der Waals surface area contributed by atoms with Crippen molar-refractivity contribution in [1.82, 2.24) is 10.2 Å². The van der Waals surface area contributed by atoms with Crippen molar-refractivity contribution in [2.45, 2.75) is 32.6 Å². The predicted octanol–water partition coefficient (Wildman–Crippen LogP) is 1.81. The second kappa shape index (κ2) is 7.79. The van der Waals surface area contributed by atoms with Crippen LogP contribution in [-0.4, -0.2) is 49.4 Å². The molecule has 2 heterocycles. The highest BCUT2D eigenvalue weighted by molar-refractivity contribution is 5.96. The Morgan fingerprint density at radius 2 is 1.92 bits per heavy atom. The summed E-state index contributed by atoms with van der Waals surface area (Å²) in [6, 6.07) is 8.15. The quantitative estimate of drug-likeness (QED) is 0.896. The van der Waals surface area contributed by atoms with E-state index in [-0.39, 0.29) is 17.7 Å². The molecule has 1 saturated heterocycles. The van der Waals surface area contributed by atoms with Gasteiger partial charge in [0.05, 0.1) is 6.54 Å². The molecular weight excluding hydrogens is 302 g/mol. The van der Waals surface area contributed by atoms with Crippen LogP contribution in [-0.2, 0) is 16.0 Å². The third-order valence-corrected chi connectivity index (χ3v) is 5.05. The lowest BCUT2D eigenvalue weighted by atomic mass is 9.96. The van der Waals surface area contributed by atoms with Gasteiger partial charge in [-0.2, -0.15) is 0 Å². The first kappa shape index (κ1) is 17.0. The molecule has 0 aliphatic carbocycles. The lowest BCUT2D eigenvalue weighted by Crippen LogP contribution is -2.45. The van der Waals surface area contributed by atoms with Crippen LogP contribution in [0.5, 0.6) is 0 Å². The topological polar surface area (TPSA) is 52.7 Å². The van der Waals surface area contributed by atoms with Gasteiger partial charge in [-0.05, 0) is 50.4 Å². The number of likely N-dealkylation sites (tertiary alicyclic amines) is 1. The summed E-state index contributed by atoms with van der Waals surface area (Å²) < 4.78 is 0. The minimum absolute atomic E-state index is 0.107. The minimum atomic E-state index is 0.107. The van der Waals surface area contributed by atoms with E-state index in [1.54, 1.807) is 0 Å². The van der Waals surface area contributed by atoms with Crippen LogP contribution in [0.3, 0.4) is 0 Å². The van der Waals surface area contributed by atoms with Crippen LogP contribution in [0.2, 0.25) is 0 Å². The summed E-state index contributed by atoms with van der Waals surface area (Å²) in [7, 11) is 0. The standard InChI is InChI=1S/C19H27N3O2/c1-2-10-20-19(24)16-7-11-21(12-8-16)14-18(23)22-13-9-15-5-3-4-6-17(15)22/h3-6,16H,2,7-14H2,1H3,(H,20,24). The number of piperidine rings is 1. The van der Waals surface area contributed by atoms with Crippen molar-refractivity contribution < 1.29 is 9.59 Å². The molecule has 0 spiro atoms. The summed E-state index contributed by atoms with van der Waals surface area (Å²) in [6.45, 7) is 5.71. The van der Waals surface area contributed by atoms with Gasteiger partial charge in [-0.15, -0.1) is 0 Å². The maximum absolute atomic E-state index is 12.6. The van der Waals surface area contributed by atoms with Crippen molar-refractivity contribution >= 4 is 17.5 Å². The van der Waals surface area contributed by atoms with Gasteiger partial charge in [0, 0.05) is 24.7 Å². The lowest BCUT2D eigenvalue weighted by Gasteiger charge is -2.32. The van der Waals surface area contributed by atoms with E-state index in [4.69, 9.17) is 0 Å². The van der Waals surface area contributed by atoms with E-state index >= 15 is 0 Å². The average Bonchev–Trinajstić information content (AvgIpc) is 3.04. The number of rotatable bonds is 5. The van der Waals surface area contributed by atoms with Gasteiger partial charge in [0.2, 0.25) is 11.8 Å². The SMILES string of the molecule is CCCNC(=O)C1CCN(CC(=O)N2CCc3ccccc32)CC1. The molecule has 1 aromatic carbocycles. The van der Waals surface area contributed by atoms with Crippen LogP contribution in [0, 0.1) is 5.92 Å². The largest absolute Gasteiger partial charge is 0.356 e. The van der Waals surface area contributed by atoms with E-state index in [1.165, 1.54) is 5.56 Å². The van der Waals surface area contributed by atoms with E-state index in [2.05, 4.69) is 23.2 Å². The van der Waals surface area contributed by atoms with Gasteiger partial charge in [0.1, 0.15) is 0 Å². The average molecular weight is 329 g/mol. The number of nitrogens with zero attached hydrogens (tertiary/aromatic N) is 2. The van der Waals surface area contributed by atoms with Gasteiger partial charge in [0.15, 0.2) is 0 Å². The minimum Gasteiger partial charge on any atom is -0.356 e. The maximum atomic E-state index is 12.6. The summed E-state index contributed by atoms with van der Waals surface area (Å²) >= 11 is 0. The highest BCUT2D eigenvalue weighted by atomic mass is 16.2. The molecule has 0 aromatic heterocycles. The van der Waals surface area contributed by atoms with Crippen LogP contribution < -0.4 is 10.2 Å². The molecule has 0 bridgehead atoms. The van der Waals surface area contributed by atoms with Crippen LogP contribution in [0.1, 0.15) is 31.7 Å². The normalized spacial score (nSPS) is 18.5. The fourth-order valence-electron chi connectivity index (χ4n) is 3.62. The summed E-state index contributed by atoms with van der Waals surface area (Å²) in [4.78, 5) is 28.8. The summed E-state index contributed by atoms with van der Waals surface area (Å²) in [6.07, 6.45) is 3.61. The number of hydrogen-bond donors (Lipinski definition) is 1. The Morgan fingerprint density at radius 3 is 2.67 bits per heavy atom. The number of para-hydroxylation sites is 1. The number of fused-ring (bicyclic) bond motifs is 1. The predicted molar refractivity (Wildman–Crippen MR) is 95.0 cm³/mol. The molecule has 1 aromatic rings. The Bertz CT molecular complexity index is 594.